The van der Waals surface area contributed by atoms with Crippen molar-refractivity contribution in [2.75, 3.05) is 10.6 Å². The van der Waals surface area contributed by atoms with Gasteiger partial charge in [0.1, 0.15) is 5.58 Å². The van der Waals surface area contributed by atoms with Gasteiger partial charge >= 0.3 is 18.0 Å². The van der Waals surface area contributed by atoms with E-state index in [1.54, 1.807) is 0 Å². The molecule has 2 aromatic carbocycles. The third kappa shape index (κ3) is 4.86. The Morgan fingerprint density at radius 1 is 0.828 bits per heavy atom. The van der Waals surface area contributed by atoms with Crippen LogP contribution >= 0.6 is 12.2 Å². The van der Waals surface area contributed by atoms with Gasteiger partial charge in [-0.05, 0) is 54.7 Å². The van der Waals surface area contributed by atoms with Gasteiger partial charge < -0.3 is 15.1 Å². The van der Waals surface area contributed by atoms with Crippen LogP contribution in [0.4, 0.5) is 37.7 Å². The maximum atomic E-state index is 13.2. The summed E-state index contributed by atoms with van der Waals surface area (Å²) in [6.07, 6.45) is -9.25. The van der Waals surface area contributed by atoms with E-state index in [0.717, 1.165) is 30.3 Å². The lowest BCUT2D eigenvalue weighted by atomic mass is 10.1. The van der Waals surface area contributed by atoms with Crippen LogP contribution in [0.25, 0.3) is 11.0 Å². The maximum Gasteiger partial charge on any atom is 0.417 e. The largest absolute Gasteiger partial charge is 0.423 e. The Morgan fingerprint density at radius 2 is 1.41 bits per heavy atom. The summed E-state index contributed by atoms with van der Waals surface area (Å²) in [7, 11) is 0. The Labute approximate surface area is 164 Å². The number of thiocarbonyl (C=S) groups is 1. The molecule has 0 atom stereocenters. The Morgan fingerprint density at radius 3 is 2.00 bits per heavy atom. The number of halogens is 6. The summed E-state index contributed by atoms with van der Waals surface area (Å²) in [6, 6.07) is 8.01. The van der Waals surface area contributed by atoms with Crippen molar-refractivity contribution in [3.63, 3.8) is 0 Å². The molecule has 0 spiro atoms. The molecule has 0 bridgehead atoms. The summed E-state index contributed by atoms with van der Waals surface area (Å²) in [5.41, 5.74) is -2.98. The second-order valence-electron chi connectivity index (χ2n) is 5.84. The molecule has 0 aliphatic rings. The fourth-order valence-corrected chi connectivity index (χ4v) is 2.75. The lowest BCUT2D eigenvalue weighted by Gasteiger charge is -2.13. The second kappa shape index (κ2) is 7.39. The molecule has 0 aliphatic carbocycles. The van der Waals surface area contributed by atoms with Crippen LogP contribution in [0.2, 0.25) is 0 Å². The molecule has 11 heteroatoms. The molecule has 3 rings (SSSR count). The summed E-state index contributed by atoms with van der Waals surface area (Å²) in [5.74, 6) is 0. The van der Waals surface area contributed by atoms with Gasteiger partial charge in [0.2, 0.25) is 0 Å². The molecule has 4 nitrogen and oxygen atoms in total. The molecule has 1 aromatic heterocycles. The monoisotopic (exact) mass is 432 g/mol. The van der Waals surface area contributed by atoms with Gasteiger partial charge in [-0.15, -0.1) is 0 Å². The van der Waals surface area contributed by atoms with Gasteiger partial charge in [0.25, 0.3) is 0 Å². The van der Waals surface area contributed by atoms with E-state index in [2.05, 4.69) is 10.6 Å². The molecule has 1 heterocycles. The van der Waals surface area contributed by atoms with E-state index >= 15 is 0 Å². The highest BCUT2D eigenvalue weighted by atomic mass is 32.1. The normalized spacial score (nSPS) is 12.1. The quantitative estimate of drug-likeness (QED) is 0.312. The zero-order valence-corrected chi connectivity index (χ0v) is 14.9. The van der Waals surface area contributed by atoms with E-state index in [1.807, 2.05) is 0 Å². The SMILES string of the molecule is O=c1cc(C(F)(F)F)c2cc(NC(=S)Nc3ccc(C(F)(F)F)cc3)ccc2o1. The number of rotatable bonds is 2. The smallest absolute Gasteiger partial charge is 0.417 e. The molecule has 0 saturated heterocycles. The van der Waals surface area contributed by atoms with Gasteiger partial charge in [-0.3, -0.25) is 0 Å². The predicted octanol–water partition coefficient (Wildman–Crippen LogP) is 5.64. The fraction of sp³-hybridized carbons (Fsp3) is 0.111. The predicted molar refractivity (Wildman–Crippen MR) is 98.8 cm³/mol. The van der Waals surface area contributed by atoms with Crippen LogP contribution in [0.15, 0.2) is 57.7 Å². The number of hydrogen-bond acceptors (Lipinski definition) is 3. The number of fused-ring (bicyclic) bond motifs is 1. The van der Waals surface area contributed by atoms with Gasteiger partial charge in [-0.25, -0.2) is 4.79 Å². The molecular formula is C18H10F6N2O2S. The molecule has 0 radical (unpaired) electrons. The van der Waals surface area contributed by atoms with E-state index in [1.165, 1.54) is 12.1 Å². The lowest BCUT2D eigenvalue weighted by Crippen LogP contribution is -2.19. The molecule has 0 amide bonds. The van der Waals surface area contributed by atoms with Gasteiger partial charge in [0.05, 0.1) is 11.1 Å². The molecule has 3 aromatic rings. The highest BCUT2D eigenvalue weighted by Gasteiger charge is 2.34. The van der Waals surface area contributed by atoms with Gasteiger partial charge in [-0.2, -0.15) is 26.3 Å². The van der Waals surface area contributed by atoms with Crippen molar-refractivity contribution in [1.82, 2.24) is 0 Å². The minimum atomic E-state index is -4.77. The van der Waals surface area contributed by atoms with E-state index in [9.17, 15) is 31.1 Å². The number of anilines is 2. The second-order valence-corrected chi connectivity index (χ2v) is 6.25. The third-order valence-corrected chi connectivity index (χ3v) is 3.98. The Balaban J connectivity index is 1.82. The van der Waals surface area contributed by atoms with Crippen LogP contribution in [0.3, 0.4) is 0 Å². The summed E-state index contributed by atoms with van der Waals surface area (Å²) in [5, 5.41) is 4.85. The van der Waals surface area contributed by atoms with Crippen LogP contribution in [0.1, 0.15) is 11.1 Å². The fourth-order valence-electron chi connectivity index (χ4n) is 2.51. The molecule has 2 N–H and O–H groups in total. The van der Waals surface area contributed by atoms with E-state index in [4.69, 9.17) is 16.6 Å². The number of alkyl halides is 6. The van der Waals surface area contributed by atoms with Crippen LogP contribution in [0, 0.1) is 0 Å². The molecule has 29 heavy (non-hydrogen) atoms. The summed E-state index contributed by atoms with van der Waals surface area (Å²) < 4.78 is 82.0. The van der Waals surface area contributed by atoms with Crippen LogP contribution < -0.4 is 16.3 Å². The highest BCUT2D eigenvalue weighted by Crippen LogP contribution is 2.35. The molecular weight excluding hydrogens is 422 g/mol. The topological polar surface area (TPSA) is 54.3 Å². The summed E-state index contributed by atoms with van der Waals surface area (Å²) in [6.45, 7) is 0. The van der Waals surface area contributed by atoms with Crippen molar-refractivity contribution in [2.45, 2.75) is 12.4 Å². The molecule has 0 unspecified atom stereocenters. The first-order chi connectivity index (χ1) is 13.4. The maximum absolute atomic E-state index is 13.2. The number of hydrogen-bond donors (Lipinski definition) is 2. The molecule has 0 saturated carbocycles. The van der Waals surface area contributed by atoms with Crippen LogP contribution in [-0.2, 0) is 12.4 Å². The van der Waals surface area contributed by atoms with Crippen molar-refractivity contribution in [1.29, 1.82) is 0 Å². The molecule has 152 valence electrons. The van der Waals surface area contributed by atoms with Crippen molar-refractivity contribution in [3.8, 4) is 0 Å². The van der Waals surface area contributed by atoms with Crippen molar-refractivity contribution < 1.29 is 30.8 Å². The molecule has 0 fully saturated rings. The average Bonchev–Trinajstić information content (AvgIpc) is 2.60. The standard InChI is InChI=1S/C18H10F6N2O2S/c19-17(20,21)9-1-3-10(4-2-9)25-16(29)26-11-5-6-14-12(7-11)13(18(22,23)24)8-15(27)28-14/h1-8H,(H2,25,26,29). The van der Waals surface area contributed by atoms with E-state index < -0.39 is 29.1 Å². The Bertz CT molecular complexity index is 1120. The minimum absolute atomic E-state index is 0.0601. The Hall–Kier alpha value is -3.08. The number of benzene rings is 2. The van der Waals surface area contributed by atoms with Crippen LogP contribution in [0.5, 0.6) is 0 Å². The zero-order chi connectivity index (χ0) is 21.4. The highest BCUT2D eigenvalue weighted by molar-refractivity contribution is 7.80. The molecule has 0 aliphatic heterocycles. The third-order valence-electron chi connectivity index (χ3n) is 3.78. The Kier molecular flexibility index (Phi) is 5.26. The van der Waals surface area contributed by atoms with E-state index in [0.29, 0.717) is 6.07 Å². The van der Waals surface area contributed by atoms with Gasteiger partial charge in [-0.1, -0.05) is 0 Å². The first-order valence-corrected chi connectivity index (χ1v) is 8.25. The van der Waals surface area contributed by atoms with Gasteiger partial charge in [0, 0.05) is 22.8 Å². The number of nitrogens with one attached hydrogen (secondary N) is 2. The van der Waals surface area contributed by atoms with Crippen molar-refractivity contribution >= 4 is 39.7 Å². The summed E-state index contributed by atoms with van der Waals surface area (Å²) in [4.78, 5) is 11.3. The van der Waals surface area contributed by atoms with Gasteiger partial charge in [0.15, 0.2) is 5.11 Å². The van der Waals surface area contributed by atoms with Crippen molar-refractivity contribution in [3.05, 3.63) is 70.1 Å². The minimum Gasteiger partial charge on any atom is -0.423 e. The lowest BCUT2D eigenvalue weighted by molar-refractivity contribution is -0.138. The van der Waals surface area contributed by atoms with Crippen LogP contribution in [-0.4, -0.2) is 5.11 Å². The first-order valence-electron chi connectivity index (χ1n) is 7.84. The van der Waals surface area contributed by atoms with Crippen molar-refractivity contribution in [2.24, 2.45) is 0 Å². The summed E-state index contributed by atoms with van der Waals surface area (Å²) >= 11 is 5.03. The first kappa shape index (κ1) is 20.6. The zero-order valence-electron chi connectivity index (χ0n) is 14.1. The van der Waals surface area contributed by atoms with E-state index in [-0.39, 0.29) is 27.5 Å². The average molecular weight is 432 g/mol.